The van der Waals surface area contributed by atoms with Gasteiger partial charge in [0.2, 0.25) is 0 Å². The molecule has 0 saturated carbocycles. The van der Waals surface area contributed by atoms with Crippen LogP contribution in [0.4, 0.5) is 15.8 Å². The van der Waals surface area contributed by atoms with Gasteiger partial charge in [-0.3, -0.25) is 4.79 Å². The van der Waals surface area contributed by atoms with Crippen molar-refractivity contribution < 1.29 is 18.7 Å². The molecule has 1 amide bonds. The molecule has 0 aliphatic carbocycles. The third-order valence-corrected chi connectivity index (χ3v) is 3.22. The van der Waals surface area contributed by atoms with Gasteiger partial charge >= 0.3 is 0 Å². The summed E-state index contributed by atoms with van der Waals surface area (Å²) < 4.78 is 24.1. The highest BCUT2D eigenvalue weighted by atomic mass is 35.5. The molecule has 5 nitrogen and oxygen atoms in total. The van der Waals surface area contributed by atoms with Crippen LogP contribution < -0.4 is 20.5 Å². The van der Waals surface area contributed by atoms with Crippen LogP contribution in [0.15, 0.2) is 30.3 Å². The van der Waals surface area contributed by atoms with Crippen molar-refractivity contribution in [3.63, 3.8) is 0 Å². The van der Waals surface area contributed by atoms with E-state index in [0.29, 0.717) is 11.4 Å². The second kappa shape index (κ2) is 7.69. The van der Waals surface area contributed by atoms with E-state index in [9.17, 15) is 9.18 Å². The number of nitrogens with one attached hydrogen (secondary N) is 1. The van der Waals surface area contributed by atoms with Crippen molar-refractivity contribution in [2.75, 3.05) is 25.3 Å². The fourth-order valence-corrected chi connectivity index (χ4v) is 2.04. The van der Waals surface area contributed by atoms with Crippen LogP contribution in [-0.2, 0) is 0 Å². The van der Waals surface area contributed by atoms with Gasteiger partial charge in [0.1, 0.15) is 5.82 Å². The summed E-state index contributed by atoms with van der Waals surface area (Å²) in [4.78, 5) is 12.3. The first-order chi connectivity index (χ1) is 10.5. The molecule has 0 aliphatic rings. The van der Waals surface area contributed by atoms with Crippen LogP contribution in [0.1, 0.15) is 15.9 Å². The van der Waals surface area contributed by atoms with E-state index in [2.05, 4.69) is 5.32 Å². The largest absolute Gasteiger partial charge is 0.493 e. The van der Waals surface area contributed by atoms with Crippen molar-refractivity contribution in [2.45, 2.75) is 6.92 Å². The van der Waals surface area contributed by atoms with Crippen molar-refractivity contribution in [3.05, 3.63) is 47.3 Å². The molecule has 0 radical (unpaired) electrons. The monoisotopic (exact) mass is 340 g/mol. The molecule has 2 aromatic rings. The van der Waals surface area contributed by atoms with E-state index in [-0.39, 0.29) is 29.5 Å². The highest BCUT2D eigenvalue weighted by Gasteiger charge is 2.17. The van der Waals surface area contributed by atoms with E-state index < -0.39 is 11.7 Å². The lowest BCUT2D eigenvalue weighted by Crippen LogP contribution is -2.15. The predicted octanol–water partition coefficient (Wildman–Crippen LogP) is 3.41. The first-order valence-electron chi connectivity index (χ1n) is 6.55. The zero-order valence-electron chi connectivity index (χ0n) is 13.0. The number of methoxy groups -OCH3 is 2. The highest BCUT2D eigenvalue weighted by molar-refractivity contribution is 6.05. The van der Waals surface area contributed by atoms with Gasteiger partial charge in [-0.2, -0.15) is 0 Å². The number of nitrogen functional groups attached to an aromatic ring is 1. The van der Waals surface area contributed by atoms with Crippen molar-refractivity contribution in [1.29, 1.82) is 0 Å². The molecule has 0 unspecified atom stereocenters. The number of carbonyl (C=O) groups is 1. The van der Waals surface area contributed by atoms with Gasteiger partial charge in [0.15, 0.2) is 11.5 Å². The van der Waals surface area contributed by atoms with Gasteiger partial charge in [-0.05, 0) is 36.8 Å². The Kier molecular flexibility index (Phi) is 6.21. The molecule has 7 heteroatoms. The topological polar surface area (TPSA) is 73.6 Å². The normalized spacial score (nSPS) is 9.74. The van der Waals surface area contributed by atoms with Crippen molar-refractivity contribution in [3.8, 4) is 11.5 Å². The Hall–Kier alpha value is -2.47. The predicted molar refractivity (Wildman–Crippen MR) is 90.3 cm³/mol. The summed E-state index contributed by atoms with van der Waals surface area (Å²) in [5.41, 5.74) is 7.47. The fourth-order valence-electron chi connectivity index (χ4n) is 2.04. The third-order valence-electron chi connectivity index (χ3n) is 3.22. The molecule has 23 heavy (non-hydrogen) atoms. The number of nitrogens with two attached hydrogens (primary N) is 1. The SMILES string of the molecule is COc1cc(F)c(C(=O)Nc2ccc(N)cc2C)cc1OC.Cl. The van der Waals surface area contributed by atoms with Crippen LogP contribution in [0.3, 0.4) is 0 Å². The second-order valence-electron chi connectivity index (χ2n) is 4.72. The Labute approximate surface area is 140 Å². The van der Waals surface area contributed by atoms with Crippen molar-refractivity contribution >= 4 is 29.7 Å². The molecule has 0 fully saturated rings. The average Bonchev–Trinajstić information content (AvgIpc) is 2.49. The number of benzene rings is 2. The highest BCUT2D eigenvalue weighted by Crippen LogP contribution is 2.30. The van der Waals surface area contributed by atoms with Gasteiger partial charge in [-0.25, -0.2) is 4.39 Å². The maximum Gasteiger partial charge on any atom is 0.258 e. The standard InChI is InChI=1S/C16H17FN2O3.ClH/c1-9-6-10(18)4-5-13(9)19-16(20)11-7-14(21-2)15(22-3)8-12(11)17;/h4-8H,18H2,1-3H3,(H,19,20);1H. The molecular formula is C16H18ClFN2O3. The van der Waals surface area contributed by atoms with Gasteiger partial charge in [0.05, 0.1) is 19.8 Å². The van der Waals surface area contributed by atoms with Crippen LogP contribution in [0, 0.1) is 12.7 Å². The van der Waals surface area contributed by atoms with Gasteiger partial charge < -0.3 is 20.5 Å². The summed E-state index contributed by atoms with van der Waals surface area (Å²) >= 11 is 0. The first-order valence-corrected chi connectivity index (χ1v) is 6.55. The van der Waals surface area contributed by atoms with E-state index >= 15 is 0 Å². The second-order valence-corrected chi connectivity index (χ2v) is 4.72. The van der Waals surface area contributed by atoms with Gasteiger partial charge in [-0.1, -0.05) is 0 Å². The van der Waals surface area contributed by atoms with Crippen LogP contribution in [0.25, 0.3) is 0 Å². The number of hydrogen-bond donors (Lipinski definition) is 2. The fraction of sp³-hybridized carbons (Fsp3) is 0.188. The third kappa shape index (κ3) is 4.04. The van der Waals surface area contributed by atoms with Crippen molar-refractivity contribution in [1.82, 2.24) is 0 Å². The number of hydrogen-bond acceptors (Lipinski definition) is 4. The molecule has 0 spiro atoms. The number of amides is 1. The summed E-state index contributed by atoms with van der Waals surface area (Å²) in [6.07, 6.45) is 0. The van der Waals surface area contributed by atoms with Crippen molar-refractivity contribution in [2.24, 2.45) is 0 Å². The van der Waals surface area contributed by atoms with Crippen LogP contribution >= 0.6 is 12.4 Å². The molecule has 0 bridgehead atoms. The Morgan fingerprint density at radius 3 is 2.30 bits per heavy atom. The van der Waals surface area contributed by atoms with E-state index in [1.54, 1.807) is 25.1 Å². The minimum Gasteiger partial charge on any atom is -0.493 e. The maximum atomic E-state index is 14.1. The van der Waals surface area contributed by atoms with Crippen LogP contribution in [0.2, 0.25) is 0 Å². The molecule has 0 aromatic heterocycles. The average molecular weight is 341 g/mol. The molecule has 2 rings (SSSR count). The summed E-state index contributed by atoms with van der Waals surface area (Å²) in [6, 6.07) is 7.47. The molecule has 0 aliphatic heterocycles. The first kappa shape index (κ1) is 18.6. The molecule has 0 atom stereocenters. The Morgan fingerprint density at radius 1 is 1.13 bits per heavy atom. The van der Waals surface area contributed by atoms with Gasteiger partial charge in [-0.15, -0.1) is 12.4 Å². The Morgan fingerprint density at radius 2 is 1.74 bits per heavy atom. The van der Waals surface area contributed by atoms with Gasteiger partial charge in [0, 0.05) is 17.4 Å². The number of carbonyl (C=O) groups excluding carboxylic acids is 1. The summed E-state index contributed by atoms with van der Waals surface area (Å²) in [5.74, 6) is -0.766. The van der Waals surface area contributed by atoms with E-state index in [0.717, 1.165) is 11.6 Å². The summed E-state index contributed by atoms with van der Waals surface area (Å²) in [6.45, 7) is 1.80. The van der Waals surface area contributed by atoms with E-state index in [4.69, 9.17) is 15.2 Å². The maximum absolute atomic E-state index is 14.1. The quantitative estimate of drug-likeness (QED) is 0.836. The molecular weight excluding hydrogens is 323 g/mol. The van der Waals surface area contributed by atoms with Crippen LogP contribution in [-0.4, -0.2) is 20.1 Å². The Balaban J connectivity index is 0.00000264. The molecule has 3 N–H and O–H groups in total. The lowest BCUT2D eigenvalue weighted by atomic mass is 10.1. The minimum atomic E-state index is -0.691. The number of ether oxygens (including phenoxy) is 2. The summed E-state index contributed by atoms with van der Waals surface area (Å²) in [5, 5.41) is 2.65. The lowest BCUT2D eigenvalue weighted by molar-refractivity contribution is 0.102. The number of rotatable bonds is 4. The Bertz CT molecular complexity index is 723. The summed E-state index contributed by atoms with van der Waals surface area (Å²) in [7, 11) is 2.82. The zero-order valence-corrected chi connectivity index (χ0v) is 13.8. The smallest absolute Gasteiger partial charge is 0.258 e. The molecule has 0 saturated heterocycles. The van der Waals surface area contributed by atoms with E-state index in [1.165, 1.54) is 20.3 Å². The van der Waals surface area contributed by atoms with Crippen LogP contribution in [0.5, 0.6) is 11.5 Å². The number of aryl methyl sites for hydroxylation is 1. The number of anilines is 2. The molecule has 0 heterocycles. The molecule has 124 valence electrons. The minimum absolute atomic E-state index is 0. The van der Waals surface area contributed by atoms with E-state index in [1.807, 2.05) is 0 Å². The number of halogens is 2. The zero-order chi connectivity index (χ0) is 16.3. The molecule has 2 aromatic carbocycles. The lowest BCUT2D eigenvalue weighted by Gasteiger charge is -2.12. The van der Waals surface area contributed by atoms with Gasteiger partial charge in [0.25, 0.3) is 5.91 Å².